The van der Waals surface area contributed by atoms with E-state index >= 15 is 0 Å². The summed E-state index contributed by atoms with van der Waals surface area (Å²) in [5, 5.41) is 8.21. The summed E-state index contributed by atoms with van der Waals surface area (Å²) in [5.74, 6) is 0.0377. The number of carboxylic acid groups (broad SMARTS) is 1. The zero-order valence-corrected chi connectivity index (χ0v) is 11.6. The van der Waals surface area contributed by atoms with Crippen molar-refractivity contribution in [2.75, 3.05) is 0 Å². The van der Waals surface area contributed by atoms with Crippen LogP contribution in [0.1, 0.15) is 51.7 Å². The molecule has 0 aliphatic rings. The summed E-state index contributed by atoms with van der Waals surface area (Å²) in [4.78, 5) is 20.1. The van der Waals surface area contributed by atoms with Crippen LogP contribution < -0.4 is 0 Å². The van der Waals surface area contributed by atoms with E-state index in [4.69, 9.17) is 9.52 Å². The van der Waals surface area contributed by atoms with Gasteiger partial charge in [-0.3, -0.25) is 9.59 Å². The van der Waals surface area contributed by atoms with E-state index in [0.717, 1.165) is 25.5 Å². The number of allylic oxidation sites excluding steroid dienone is 1. The van der Waals surface area contributed by atoms with E-state index in [-0.39, 0.29) is 0 Å². The number of aldehydes is 1. The van der Waals surface area contributed by atoms with Crippen molar-refractivity contribution >= 4 is 18.3 Å². The molecular formula is C15H22O4. The second kappa shape index (κ2) is 11.3. The minimum absolute atomic E-state index is 0.333. The van der Waals surface area contributed by atoms with Crippen LogP contribution in [0, 0.1) is 0 Å². The Bertz CT molecular complexity index is 377. The number of hydrogen-bond acceptors (Lipinski definition) is 3. The molecule has 0 spiro atoms. The second-order valence-electron chi connectivity index (χ2n) is 4.23. The molecule has 106 valence electrons. The van der Waals surface area contributed by atoms with Crippen LogP contribution in [0.15, 0.2) is 28.4 Å². The molecule has 0 bridgehead atoms. The van der Waals surface area contributed by atoms with Gasteiger partial charge in [0, 0.05) is 6.42 Å². The maximum Gasteiger partial charge on any atom is 0.303 e. The highest BCUT2D eigenvalue weighted by Crippen LogP contribution is 2.04. The quantitative estimate of drug-likeness (QED) is 0.461. The molecule has 19 heavy (non-hydrogen) atoms. The third kappa shape index (κ3) is 11.0. The standard InChI is InChI=1S/C8H8O2.C7H14O2/c1-7(6-9)5-8-3-2-4-10-8;1-2-3-4-5-6-7(8)9/h2-6H,1H3;2-6H2,1H3,(H,8,9). The van der Waals surface area contributed by atoms with Crippen LogP contribution in [0.3, 0.4) is 0 Å². The van der Waals surface area contributed by atoms with Gasteiger partial charge in [0.2, 0.25) is 0 Å². The Morgan fingerprint density at radius 1 is 1.37 bits per heavy atom. The van der Waals surface area contributed by atoms with Gasteiger partial charge >= 0.3 is 5.97 Å². The fourth-order valence-corrected chi connectivity index (χ4v) is 1.33. The molecule has 1 rings (SSSR count). The van der Waals surface area contributed by atoms with Crippen LogP contribution in [-0.2, 0) is 9.59 Å². The van der Waals surface area contributed by atoms with E-state index < -0.39 is 5.97 Å². The Morgan fingerprint density at radius 3 is 2.58 bits per heavy atom. The van der Waals surface area contributed by atoms with E-state index in [1.54, 1.807) is 31.4 Å². The van der Waals surface area contributed by atoms with Crippen molar-refractivity contribution in [3.8, 4) is 0 Å². The predicted molar refractivity (Wildman–Crippen MR) is 74.8 cm³/mol. The van der Waals surface area contributed by atoms with E-state index in [1.165, 1.54) is 6.42 Å². The molecule has 0 aliphatic heterocycles. The van der Waals surface area contributed by atoms with Crippen LogP contribution in [0.25, 0.3) is 6.08 Å². The predicted octanol–water partition coefficient (Wildman–Crippen LogP) is 3.92. The molecule has 0 saturated heterocycles. The minimum atomic E-state index is -0.675. The van der Waals surface area contributed by atoms with Crippen LogP contribution in [0.2, 0.25) is 0 Å². The molecule has 0 amide bonds. The molecule has 1 aromatic heterocycles. The summed E-state index contributed by atoms with van der Waals surface area (Å²) >= 11 is 0. The largest absolute Gasteiger partial charge is 0.481 e. The molecule has 0 aliphatic carbocycles. The fraction of sp³-hybridized carbons (Fsp3) is 0.467. The van der Waals surface area contributed by atoms with Crippen LogP contribution in [0.4, 0.5) is 0 Å². The van der Waals surface area contributed by atoms with Gasteiger partial charge in [-0.15, -0.1) is 0 Å². The minimum Gasteiger partial charge on any atom is -0.481 e. The van der Waals surface area contributed by atoms with Gasteiger partial charge in [0.15, 0.2) is 0 Å². The lowest BCUT2D eigenvalue weighted by Gasteiger charge is -1.92. The summed E-state index contributed by atoms with van der Waals surface area (Å²) < 4.78 is 4.97. The van der Waals surface area contributed by atoms with Crippen molar-refractivity contribution < 1.29 is 19.1 Å². The average molecular weight is 266 g/mol. The number of furan rings is 1. The lowest BCUT2D eigenvalue weighted by Crippen LogP contribution is -1.92. The molecule has 0 saturated carbocycles. The van der Waals surface area contributed by atoms with Crippen molar-refractivity contribution in [2.24, 2.45) is 0 Å². The molecule has 1 heterocycles. The highest BCUT2D eigenvalue weighted by atomic mass is 16.4. The molecule has 4 heteroatoms. The summed E-state index contributed by atoms with van der Waals surface area (Å²) in [5.41, 5.74) is 0.662. The normalized spacial score (nSPS) is 10.5. The van der Waals surface area contributed by atoms with Gasteiger partial charge in [-0.25, -0.2) is 0 Å². The number of rotatable bonds is 7. The van der Waals surface area contributed by atoms with Crippen molar-refractivity contribution in [3.63, 3.8) is 0 Å². The summed E-state index contributed by atoms with van der Waals surface area (Å²) in [6, 6.07) is 3.58. The third-order valence-electron chi connectivity index (χ3n) is 2.34. The Kier molecular flexibility index (Phi) is 10.2. The molecular weight excluding hydrogens is 244 g/mol. The maximum atomic E-state index is 10.1. The summed E-state index contributed by atoms with van der Waals surface area (Å²) in [6.07, 6.45) is 8.61. The Hall–Kier alpha value is -1.84. The summed E-state index contributed by atoms with van der Waals surface area (Å²) in [6.45, 7) is 3.84. The molecule has 1 N–H and O–H groups in total. The number of carboxylic acids is 1. The zero-order valence-electron chi connectivity index (χ0n) is 11.6. The van der Waals surface area contributed by atoms with Crippen LogP contribution >= 0.6 is 0 Å². The summed E-state index contributed by atoms with van der Waals surface area (Å²) in [7, 11) is 0. The first-order chi connectivity index (χ1) is 9.10. The van der Waals surface area contributed by atoms with Crippen molar-refractivity contribution in [3.05, 3.63) is 29.7 Å². The molecule has 0 aromatic carbocycles. The smallest absolute Gasteiger partial charge is 0.303 e. The van der Waals surface area contributed by atoms with Gasteiger partial charge in [-0.05, 0) is 37.1 Å². The number of aliphatic carboxylic acids is 1. The molecule has 4 nitrogen and oxygen atoms in total. The second-order valence-corrected chi connectivity index (χ2v) is 4.23. The first-order valence-corrected chi connectivity index (χ1v) is 6.49. The number of carbonyl (C=O) groups is 2. The first kappa shape index (κ1) is 17.2. The highest BCUT2D eigenvalue weighted by Gasteiger charge is 1.94. The van der Waals surface area contributed by atoms with E-state index in [9.17, 15) is 9.59 Å². The Morgan fingerprint density at radius 2 is 2.11 bits per heavy atom. The van der Waals surface area contributed by atoms with Crippen molar-refractivity contribution in [1.29, 1.82) is 0 Å². The van der Waals surface area contributed by atoms with Gasteiger partial charge in [-0.2, -0.15) is 0 Å². The highest BCUT2D eigenvalue weighted by molar-refractivity contribution is 5.79. The lowest BCUT2D eigenvalue weighted by atomic mass is 10.2. The van der Waals surface area contributed by atoms with Gasteiger partial charge in [0.25, 0.3) is 0 Å². The molecule has 0 unspecified atom stereocenters. The number of hydrogen-bond donors (Lipinski definition) is 1. The number of carbonyl (C=O) groups excluding carboxylic acids is 1. The maximum absolute atomic E-state index is 10.1. The lowest BCUT2D eigenvalue weighted by molar-refractivity contribution is -0.137. The number of unbranched alkanes of at least 4 members (excludes halogenated alkanes) is 3. The van der Waals surface area contributed by atoms with Gasteiger partial charge in [-0.1, -0.05) is 26.2 Å². The Balaban J connectivity index is 0.000000344. The molecule has 0 radical (unpaired) electrons. The third-order valence-corrected chi connectivity index (χ3v) is 2.34. The average Bonchev–Trinajstić information content (AvgIpc) is 2.88. The van der Waals surface area contributed by atoms with Crippen LogP contribution in [-0.4, -0.2) is 17.4 Å². The van der Waals surface area contributed by atoms with Gasteiger partial charge in [0.05, 0.1) is 6.26 Å². The van der Waals surface area contributed by atoms with Gasteiger partial charge in [0.1, 0.15) is 12.0 Å². The molecule has 0 atom stereocenters. The fourth-order valence-electron chi connectivity index (χ4n) is 1.33. The molecule has 1 aromatic rings. The van der Waals surface area contributed by atoms with E-state index in [2.05, 4.69) is 6.92 Å². The monoisotopic (exact) mass is 266 g/mol. The topological polar surface area (TPSA) is 67.5 Å². The molecule has 0 fully saturated rings. The zero-order chi connectivity index (χ0) is 14.5. The first-order valence-electron chi connectivity index (χ1n) is 6.49. The van der Waals surface area contributed by atoms with Crippen molar-refractivity contribution in [2.45, 2.75) is 46.0 Å². The van der Waals surface area contributed by atoms with Crippen molar-refractivity contribution in [1.82, 2.24) is 0 Å². The van der Waals surface area contributed by atoms with Crippen LogP contribution in [0.5, 0.6) is 0 Å². The SMILES string of the molecule is CC(C=O)=Cc1ccco1.CCCCCCC(=O)O. The van der Waals surface area contributed by atoms with E-state index in [1.807, 2.05) is 0 Å². The van der Waals surface area contributed by atoms with E-state index in [0.29, 0.717) is 17.8 Å². The Labute approximate surface area is 114 Å². The van der Waals surface area contributed by atoms with Gasteiger partial charge < -0.3 is 9.52 Å².